The van der Waals surface area contributed by atoms with E-state index in [4.69, 9.17) is 4.55 Å². The Morgan fingerprint density at radius 1 is 2.00 bits per heavy atom. The normalized spacial score (nSPS) is 15.2. The molecular formula is C4H7FO3S. The predicted molar refractivity (Wildman–Crippen MR) is 31.3 cm³/mol. The van der Waals surface area contributed by atoms with Crippen molar-refractivity contribution >= 4 is 11.4 Å². The lowest BCUT2D eigenvalue weighted by molar-refractivity contribution is 0.368. The number of rotatable bonds is 3. The van der Waals surface area contributed by atoms with Crippen molar-refractivity contribution in [1.29, 1.82) is 0 Å². The third kappa shape index (κ3) is 4.11. The molecule has 1 atom stereocenters. The average molecular weight is 154 g/mol. The maximum Gasteiger partial charge on any atom is 0.357 e. The molecule has 0 aromatic rings. The minimum atomic E-state index is -2.40. The zero-order chi connectivity index (χ0) is 7.28. The molecule has 0 aromatic heterocycles. The van der Waals surface area contributed by atoms with Crippen LogP contribution in [0.2, 0.25) is 0 Å². The van der Waals surface area contributed by atoms with Crippen LogP contribution in [0.5, 0.6) is 0 Å². The van der Waals surface area contributed by atoms with Gasteiger partial charge in [0.25, 0.3) is 0 Å². The Kier molecular flexibility index (Phi) is 4.25. The first kappa shape index (κ1) is 8.58. The summed E-state index contributed by atoms with van der Waals surface area (Å²) in [5.41, 5.74) is 0. The molecule has 1 unspecified atom stereocenters. The summed E-state index contributed by atoms with van der Waals surface area (Å²) in [7, 11) is 0. The number of hydrogen-bond acceptors (Lipinski definition) is 2. The third-order valence-corrected chi connectivity index (χ3v) is 1.01. The second-order valence-corrected chi connectivity index (χ2v) is 1.83. The molecule has 0 radical (unpaired) electrons. The van der Waals surface area contributed by atoms with E-state index in [1.807, 2.05) is 0 Å². The number of halogens is 1. The van der Waals surface area contributed by atoms with Gasteiger partial charge in [0, 0.05) is 6.42 Å². The highest BCUT2D eigenvalue weighted by Gasteiger charge is 1.97. The maximum absolute atomic E-state index is 11.5. The van der Waals surface area contributed by atoms with Crippen molar-refractivity contribution in [3.05, 3.63) is 12.1 Å². The van der Waals surface area contributed by atoms with Gasteiger partial charge in [-0.15, -0.1) is 0 Å². The minimum Gasteiger partial charge on any atom is -0.382 e. The lowest BCUT2D eigenvalue weighted by Crippen LogP contribution is -1.93. The fourth-order valence-electron chi connectivity index (χ4n) is 0.246. The molecule has 0 fully saturated rings. The van der Waals surface area contributed by atoms with Gasteiger partial charge in [-0.3, -0.25) is 4.55 Å². The van der Waals surface area contributed by atoms with Crippen LogP contribution in [0.1, 0.15) is 13.3 Å². The fraction of sp³-hybridized carbons (Fsp3) is 0.500. The van der Waals surface area contributed by atoms with Crippen molar-refractivity contribution in [3.63, 3.8) is 0 Å². The predicted octanol–water partition coefficient (Wildman–Crippen LogP) is 1.36. The van der Waals surface area contributed by atoms with Crippen LogP contribution in [0.15, 0.2) is 12.1 Å². The number of allylic oxidation sites excluding steroid dienone is 1. The van der Waals surface area contributed by atoms with Gasteiger partial charge in [0.05, 0.1) is 0 Å². The Balaban J connectivity index is 3.71. The van der Waals surface area contributed by atoms with Crippen LogP contribution in [-0.2, 0) is 15.5 Å². The second kappa shape index (κ2) is 4.46. The van der Waals surface area contributed by atoms with Gasteiger partial charge in [-0.25, -0.2) is 4.39 Å². The van der Waals surface area contributed by atoms with Gasteiger partial charge in [-0.2, -0.15) is 4.21 Å². The Bertz CT molecular complexity index is 134. The molecule has 0 amide bonds. The van der Waals surface area contributed by atoms with Crippen LogP contribution in [0, 0.1) is 0 Å². The smallest absolute Gasteiger partial charge is 0.357 e. The molecule has 0 aliphatic heterocycles. The molecular weight excluding hydrogens is 147 g/mol. The van der Waals surface area contributed by atoms with Gasteiger partial charge in [-0.05, 0) is 0 Å². The molecule has 1 N–H and O–H groups in total. The van der Waals surface area contributed by atoms with E-state index in [0.717, 1.165) is 0 Å². The van der Waals surface area contributed by atoms with E-state index in [-0.39, 0.29) is 18.5 Å². The average Bonchev–Trinajstić information content (AvgIpc) is 1.82. The molecule has 0 aliphatic carbocycles. The monoisotopic (exact) mass is 154 g/mol. The van der Waals surface area contributed by atoms with Crippen LogP contribution in [0.25, 0.3) is 0 Å². The molecule has 3 nitrogen and oxygen atoms in total. The van der Waals surface area contributed by atoms with Crippen LogP contribution < -0.4 is 0 Å². The van der Waals surface area contributed by atoms with Crippen molar-refractivity contribution < 1.29 is 17.3 Å². The zero-order valence-electron chi connectivity index (χ0n) is 4.83. The van der Waals surface area contributed by atoms with Crippen molar-refractivity contribution in [2.24, 2.45) is 0 Å². The van der Waals surface area contributed by atoms with Crippen LogP contribution in [0.3, 0.4) is 0 Å². The summed E-state index contributed by atoms with van der Waals surface area (Å²) in [6.45, 7) is 1.61. The van der Waals surface area contributed by atoms with E-state index in [0.29, 0.717) is 0 Å². The fourth-order valence-corrected chi connectivity index (χ4v) is 0.583. The topological polar surface area (TPSA) is 46.5 Å². The maximum atomic E-state index is 11.5. The van der Waals surface area contributed by atoms with Gasteiger partial charge in [0.15, 0.2) is 0 Å². The third-order valence-electron chi connectivity index (χ3n) is 0.648. The highest BCUT2D eigenvalue weighted by molar-refractivity contribution is 7.74. The van der Waals surface area contributed by atoms with E-state index in [9.17, 15) is 8.60 Å². The quantitative estimate of drug-likeness (QED) is 0.493. The Labute approximate surface area is 55.0 Å². The van der Waals surface area contributed by atoms with Crippen LogP contribution in [0.4, 0.5) is 4.39 Å². The molecule has 0 spiro atoms. The Morgan fingerprint density at radius 2 is 2.56 bits per heavy atom. The Morgan fingerprint density at radius 3 is 2.67 bits per heavy atom. The summed E-state index contributed by atoms with van der Waals surface area (Å²) in [6, 6.07) is 0. The van der Waals surface area contributed by atoms with Gasteiger partial charge in [-0.1, -0.05) is 6.92 Å². The van der Waals surface area contributed by atoms with E-state index >= 15 is 0 Å². The summed E-state index contributed by atoms with van der Waals surface area (Å²) in [5, 5.41) is 0. The second-order valence-electron chi connectivity index (χ2n) is 1.23. The first-order valence-electron chi connectivity index (χ1n) is 2.29. The molecule has 0 saturated carbocycles. The molecule has 0 heterocycles. The highest BCUT2D eigenvalue weighted by Crippen LogP contribution is 2.03. The molecule has 54 valence electrons. The van der Waals surface area contributed by atoms with Crippen molar-refractivity contribution in [2.75, 3.05) is 0 Å². The summed E-state index contributed by atoms with van der Waals surface area (Å²) < 4.78 is 33.4. The first-order chi connectivity index (χ1) is 4.20. The molecule has 0 saturated heterocycles. The summed E-state index contributed by atoms with van der Waals surface area (Å²) in [5.74, 6) is -0.129. The molecule has 5 heteroatoms. The summed E-state index contributed by atoms with van der Waals surface area (Å²) >= 11 is -2.40. The molecule has 0 bridgehead atoms. The van der Waals surface area contributed by atoms with E-state index in [1.54, 1.807) is 6.92 Å². The Hall–Kier alpha value is -0.420. The van der Waals surface area contributed by atoms with E-state index < -0.39 is 11.4 Å². The van der Waals surface area contributed by atoms with Gasteiger partial charge >= 0.3 is 11.4 Å². The van der Waals surface area contributed by atoms with Gasteiger partial charge < -0.3 is 4.18 Å². The lowest BCUT2D eigenvalue weighted by Gasteiger charge is -1.97. The SMILES string of the molecule is CCC(=CF)OS(=O)O. The number of hydrogen-bond donors (Lipinski definition) is 1. The van der Waals surface area contributed by atoms with Crippen LogP contribution in [-0.4, -0.2) is 8.76 Å². The molecule has 0 aromatic carbocycles. The lowest BCUT2D eigenvalue weighted by atomic mass is 10.4. The minimum absolute atomic E-state index is 0.129. The molecule has 0 rings (SSSR count). The van der Waals surface area contributed by atoms with Gasteiger partial charge in [0.1, 0.15) is 12.1 Å². The summed E-state index contributed by atoms with van der Waals surface area (Å²) in [6.07, 6.45) is 0.428. The van der Waals surface area contributed by atoms with Crippen molar-refractivity contribution in [1.82, 2.24) is 0 Å². The molecule has 0 aliphatic rings. The zero-order valence-corrected chi connectivity index (χ0v) is 5.65. The highest BCUT2D eigenvalue weighted by atomic mass is 32.2. The van der Waals surface area contributed by atoms with Gasteiger partial charge in [0.2, 0.25) is 0 Å². The van der Waals surface area contributed by atoms with Crippen LogP contribution >= 0.6 is 0 Å². The molecule has 9 heavy (non-hydrogen) atoms. The first-order valence-corrected chi connectivity index (χ1v) is 3.32. The summed E-state index contributed by atoms with van der Waals surface area (Å²) in [4.78, 5) is 0. The van der Waals surface area contributed by atoms with E-state index in [1.165, 1.54) is 0 Å². The largest absolute Gasteiger partial charge is 0.382 e. The van der Waals surface area contributed by atoms with Crippen molar-refractivity contribution in [3.8, 4) is 0 Å². The standard InChI is InChI=1S/C4H7FO3S/c1-2-4(3-5)8-9(6)7/h3H,2H2,1H3,(H,6,7). The van der Waals surface area contributed by atoms with E-state index in [2.05, 4.69) is 4.18 Å². The van der Waals surface area contributed by atoms with Crippen molar-refractivity contribution in [2.45, 2.75) is 13.3 Å².